The van der Waals surface area contributed by atoms with Gasteiger partial charge in [0, 0.05) is 17.4 Å². The summed E-state index contributed by atoms with van der Waals surface area (Å²) < 4.78 is 18.9. The van der Waals surface area contributed by atoms with Crippen molar-refractivity contribution >= 4 is 16.6 Å². The Morgan fingerprint density at radius 1 is 1.19 bits per heavy atom. The Morgan fingerprint density at radius 3 is 2.71 bits per heavy atom. The molecule has 0 fully saturated rings. The van der Waals surface area contributed by atoms with Crippen LogP contribution in [0.5, 0.6) is 0 Å². The molecule has 2 aromatic carbocycles. The van der Waals surface area contributed by atoms with Gasteiger partial charge >= 0.3 is 0 Å². The van der Waals surface area contributed by atoms with E-state index in [0.29, 0.717) is 28.6 Å². The van der Waals surface area contributed by atoms with Gasteiger partial charge in [0.25, 0.3) is 0 Å². The summed E-state index contributed by atoms with van der Waals surface area (Å²) in [6.45, 7) is 1.78. The number of fused-ring (bicyclic) bond motifs is 1. The van der Waals surface area contributed by atoms with Crippen LogP contribution >= 0.6 is 0 Å². The number of carbonyl (C=O) groups is 1. The summed E-state index contributed by atoms with van der Waals surface area (Å²) in [6, 6.07) is 10.1. The largest absolute Gasteiger partial charge is 0.339 e. The van der Waals surface area contributed by atoms with Gasteiger partial charge in [-0.1, -0.05) is 36.3 Å². The molecule has 0 aliphatic rings. The average molecular weight is 284 g/mol. The normalized spacial score (nSPS) is 11.0. The highest BCUT2D eigenvalue weighted by Gasteiger charge is 2.14. The smallest absolute Gasteiger partial charge is 0.234 e. The topological polar surface area (TPSA) is 56.0 Å². The minimum Gasteiger partial charge on any atom is -0.339 e. The summed E-state index contributed by atoms with van der Waals surface area (Å²) in [4.78, 5) is 15.6. The van der Waals surface area contributed by atoms with Crippen molar-refractivity contribution in [3.8, 4) is 11.4 Å². The summed E-state index contributed by atoms with van der Waals surface area (Å²) in [6.07, 6.45) is 0.555. The zero-order chi connectivity index (χ0) is 14.8. The number of rotatable bonds is 4. The lowest BCUT2D eigenvalue weighted by molar-refractivity contribution is -0.118. The van der Waals surface area contributed by atoms with Crippen LogP contribution in [0.25, 0.3) is 22.2 Å². The molecular formula is C16H13FN2O2. The van der Waals surface area contributed by atoms with Crippen LogP contribution < -0.4 is 0 Å². The SMILES string of the molecule is CCC(=O)Cc1nc(-c2ccc(F)c3ccccc23)no1. The maximum Gasteiger partial charge on any atom is 0.234 e. The van der Waals surface area contributed by atoms with Gasteiger partial charge < -0.3 is 4.52 Å². The number of ketones is 1. The number of aromatic nitrogens is 2. The highest BCUT2D eigenvalue weighted by atomic mass is 19.1. The second-order valence-electron chi connectivity index (χ2n) is 4.72. The molecule has 3 aromatic rings. The van der Waals surface area contributed by atoms with E-state index in [1.165, 1.54) is 6.07 Å². The third-order valence-corrected chi connectivity index (χ3v) is 3.32. The molecule has 0 atom stereocenters. The van der Waals surface area contributed by atoms with Crippen molar-refractivity contribution in [1.29, 1.82) is 0 Å². The van der Waals surface area contributed by atoms with E-state index in [2.05, 4.69) is 10.1 Å². The second kappa shape index (κ2) is 5.44. The summed E-state index contributed by atoms with van der Waals surface area (Å²) >= 11 is 0. The maximum absolute atomic E-state index is 13.8. The molecule has 106 valence electrons. The lowest BCUT2D eigenvalue weighted by atomic mass is 10.0. The van der Waals surface area contributed by atoms with Crippen LogP contribution in [-0.4, -0.2) is 15.9 Å². The Morgan fingerprint density at radius 2 is 1.95 bits per heavy atom. The van der Waals surface area contributed by atoms with Gasteiger partial charge in [0.15, 0.2) is 0 Å². The van der Waals surface area contributed by atoms with Crippen molar-refractivity contribution in [1.82, 2.24) is 10.1 Å². The minimum absolute atomic E-state index is 0.0363. The Balaban J connectivity index is 2.05. The summed E-state index contributed by atoms with van der Waals surface area (Å²) in [7, 11) is 0. The number of halogens is 1. The molecule has 1 heterocycles. The number of hydrogen-bond donors (Lipinski definition) is 0. The second-order valence-corrected chi connectivity index (χ2v) is 4.72. The van der Waals surface area contributed by atoms with Crippen LogP contribution in [0, 0.1) is 5.82 Å². The monoisotopic (exact) mass is 284 g/mol. The van der Waals surface area contributed by atoms with Gasteiger partial charge in [0.2, 0.25) is 11.7 Å². The summed E-state index contributed by atoms with van der Waals surface area (Å²) in [5.74, 6) is 0.392. The van der Waals surface area contributed by atoms with E-state index in [9.17, 15) is 9.18 Å². The molecule has 21 heavy (non-hydrogen) atoms. The van der Waals surface area contributed by atoms with E-state index in [-0.39, 0.29) is 23.9 Å². The van der Waals surface area contributed by atoms with Crippen LogP contribution in [-0.2, 0) is 11.2 Å². The molecule has 0 saturated heterocycles. The van der Waals surface area contributed by atoms with Crippen molar-refractivity contribution in [2.24, 2.45) is 0 Å². The van der Waals surface area contributed by atoms with E-state index >= 15 is 0 Å². The highest BCUT2D eigenvalue weighted by Crippen LogP contribution is 2.28. The zero-order valence-electron chi connectivity index (χ0n) is 11.5. The zero-order valence-corrected chi connectivity index (χ0v) is 11.5. The molecule has 3 rings (SSSR count). The molecule has 0 spiro atoms. The molecule has 1 aromatic heterocycles. The maximum atomic E-state index is 13.8. The van der Waals surface area contributed by atoms with Gasteiger partial charge in [0.1, 0.15) is 11.6 Å². The highest BCUT2D eigenvalue weighted by molar-refractivity contribution is 5.95. The van der Waals surface area contributed by atoms with Crippen LogP contribution in [0.2, 0.25) is 0 Å². The van der Waals surface area contributed by atoms with E-state index in [4.69, 9.17) is 4.52 Å². The first-order valence-electron chi connectivity index (χ1n) is 6.71. The fourth-order valence-corrected chi connectivity index (χ4v) is 2.19. The Labute approximate surface area is 120 Å². The van der Waals surface area contributed by atoms with Crippen LogP contribution in [0.3, 0.4) is 0 Å². The van der Waals surface area contributed by atoms with Gasteiger partial charge in [-0.05, 0) is 17.5 Å². The van der Waals surface area contributed by atoms with Crippen molar-refractivity contribution in [3.05, 3.63) is 48.1 Å². The lowest BCUT2D eigenvalue weighted by Gasteiger charge is -2.03. The van der Waals surface area contributed by atoms with E-state index < -0.39 is 0 Å². The fraction of sp³-hybridized carbons (Fsp3) is 0.188. The van der Waals surface area contributed by atoms with Gasteiger partial charge in [-0.3, -0.25) is 4.79 Å². The van der Waals surface area contributed by atoms with Crippen molar-refractivity contribution in [3.63, 3.8) is 0 Å². The fourth-order valence-electron chi connectivity index (χ4n) is 2.19. The lowest BCUT2D eigenvalue weighted by Crippen LogP contribution is -2.00. The first-order chi connectivity index (χ1) is 10.2. The van der Waals surface area contributed by atoms with Gasteiger partial charge in [-0.2, -0.15) is 4.98 Å². The molecule has 0 bridgehead atoms. The standard InChI is InChI=1S/C16H13FN2O2/c1-2-10(20)9-15-18-16(19-21-15)13-7-8-14(17)12-6-4-3-5-11(12)13/h3-8H,2,9H2,1H3. The summed E-state index contributed by atoms with van der Waals surface area (Å²) in [5.41, 5.74) is 0.686. The minimum atomic E-state index is -0.292. The van der Waals surface area contributed by atoms with Crippen LogP contribution in [0.1, 0.15) is 19.2 Å². The van der Waals surface area contributed by atoms with Crippen molar-refractivity contribution in [2.45, 2.75) is 19.8 Å². The number of hydrogen-bond acceptors (Lipinski definition) is 4. The Hall–Kier alpha value is -2.56. The molecule has 0 radical (unpaired) electrons. The average Bonchev–Trinajstić information content (AvgIpc) is 2.96. The third kappa shape index (κ3) is 2.54. The number of benzene rings is 2. The predicted molar refractivity (Wildman–Crippen MR) is 76.2 cm³/mol. The summed E-state index contributed by atoms with van der Waals surface area (Å²) in [5, 5.41) is 5.11. The molecule has 4 nitrogen and oxygen atoms in total. The van der Waals surface area contributed by atoms with E-state index in [1.807, 2.05) is 6.07 Å². The number of carbonyl (C=O) groups excluding carboxylic acids is 1. The third-order valence-electron chi connectivity index (χ3n) is 3.32. The number of nitrogens with zero attached hydrogens (tertiary/aromatic N) is 2. The molecule has 0 unspecified atom stereocenters. The van der Waals surface area contributed by atoms with Gasteiger partial charge in [-0.15, -0.1) is 0 Å². The Kier molecular flexibility index (Phi) is 3.48. The molecule has 0 amide bonds. The number of Topliss-reactive ketones (excluding diaryl/α,β-unsaturated/α-hetero) is 1. The Bertz CT molecular complexity index is 811. The van der Waals surface area contributed by atoms with Gasteiger partial charge in [-0.25, -0.2) is 4.39 Å². The molecular weight excluding hydrogens is 271 g/mol. The quantitative estimate of drug-likeness (QED) is 0.735. The molecule has 5 heteroatoms. The van der Waals surface area contributed by atoms with Gasteiger partial charge in [0.05, 0.1) is 6.42 Å². The molecule has 0 aliphatic carbocycles. The molecule has 0 saturated carbocycles. The first-order valence-corrected chi connectivity index (χ1v) is 6.71. The van der Waals surface area contributed by atoms with Crippen LogP contribution in [0.4, 0.5) is 4.39 Å². The molecule has 0 aliphatic heterocycles. The molecule has 0 N–H and O–H groups in total. The van der Waals surface area contributed by atoms with Crippen molar-refractivity contribution in [2.75, 3.05) is 0 Å². The van der Waals surface area contributed by atoms with Crippen LogP contribution in [0.15, 0.2) is 40.9 Å². The van der Waals surface area contributed by atoms with E-state index in [0.717, 1.165) is 0 Å². The predicted octanol–water partition coefficient (Wildman–Crippen LogP) is 3.55. The first kappa shape index (κ1) is 13.4. The van der Waals surface area contributed by atoms with Crippen molar-refractivity contribution < 1.29 is 13.7 Å². The van der Waals surface area contributed by atoms with E-state index in [1.54, 1.807) is 31.2 Å².